The van der Waals surface area contributed by atoms with Gasteiger partial charge in [-0.25, -0.2) is 4.39 Å². The summed E-state index contributed by atoms with van der Waals surface area (Å²) in [6, 6.07) is 14.3. The topological polar surface area (TPSA) is 50.4 Å². The molecule has 1 heterocycles. The van der Waals surface area contributed by atoms with Crippen molar-refractivity contribution in [2.24, 2.45) is 0 Å². The zero-order chi connectivity index (χ0) is 17.5. The van der Waals surface area contributed by atoms with Crippen LogP contribution < -0.4 is 15.4 Å². The number of hydrogen-bond acceptors (Lipinski definition) is 3. The normalized spacial score (nSPS) is 16.6. The highest BCUT2D eigenvalue weighted by Gasteiger charge is 2.17. The van der Waals surface area contributed by atoms with Gasteiger partial charge in [0.2, 0.25) is 5.91 Å². The first-order valence-electron chi connectivity index (χ1n) is 8.65. The summed E-state index contributed by atoms with van der Waals surface area (Å²) in [4.78, 5) is 11.9. The maximum atomic E-state index is 13.1. The van der Waals surface area contributed by atoms with E-state index in [0.29, 0.717) is 25.6 Å². The third kappa shape index (κ3) is 5.57. The fourth-order valence-electron chi connectivity index (χ4n) is 2.92. The van der Waals surface area contributed by atoms with E-state index in [0.717, 1.165) is 36.3 Å². The first-order valence-corrected chi connectivity index (χ1v) is 8.65. The Morgan fingerprint density at radius 3 is 2.76 bits per heavy atom. The van der Waals surface area contributed by atoms with Gasteiger partial charge in [0.25, 0.3) is 0 Å². The molecule has 0 saturated carbocycles. The molecule has 1 amide bonds. The second kappa shape index (κ2) is 8.62. The first-order chi connectivity index (χ1) is 12.2. The zero-order valence-corrected chi connectivity index (χ0v) is 14.1. The molecule has 1 fully saturated rings. The predicted octanol–water partition coefficient (Wildman–Crippen LogP) is 3.16. The smallest absolute Gasteiger partial charge is 0.221 e. The maximum Gasteiger partial charge on any atom is 0.221 e. The molecule has 2 aromatic carbocycles. The highest BCUT2D eigenvalue weighted by atomic mass is 19.1. The van der Waals surface area contributed by atoms with E-state index in [2.05, 4.69) is 10.6 Å². The minimum absolute atomic E-state index is 0.0748. The van der Waals surface area contributed by atoms with Crippen molar-refractivity contribution >= 4 is 5.91 Å². The van der Waals surface area contributed by atoms with Crippen LogP contribution in [0, 0.1) is 5.82 Å². The summed E-state index contributed by atoms with van der Waals surface area (Å²) in [7, 11) is 0. The second-order valence-corrected chi connectivity index (χ2v) is 6.34. The van der Waals surface area contributed by atoms with Crippen LogP contribution in [0.25, 0.3) is 0 Å². The van der Waals surface area contributed by atoms with Crippen molar-refractivity contribution in [2.45, 2.75) is 38.5 Å². The standard InChI is InChI=1S/C20H23FN2O2/c21-17-4-1-3-16(11-17)14-25-19-8-6-15(7-9-19)13-23-20(24)12-18-5-2-10-22-18/h1,3-4,6-9,11,18,22H,2,5,10,12-14H2,(H,23,24). The van der Waals surface area contributed by atoms with Crippen LogP contribution >= 0.6 is 0 Å². The summed E-state index contributed by atoms with van der Waals surface area (Å²) in [5.41, 5.74) is 1.81. The van der Waals surface area contributed by atoms with Gasteiger partial charge in [-0.05, 0) is 54.8 Å². The number of amides is 1. The molecule has 0 aromatic heterocycles. The summed E-state index contributed by atoms with van der Waals surface area (Å²) >= 11 is 0. The molecule has 0 radical (unpaired) electrons. The average Bonchev–Trinajstić information content (AvgIpc) is 3.12. The molecule has 3 rings (SSSR count). The molecule has 0 spiro atoms. The van der Waals surface area contributed by atoms with E-state index >= 15 is 0 Å². The lowest BCUT2D eigenvalue weighted by atomic mass is 10.1. The van der Waals surface area contributed by atoms with E-state index in [1.165, 1.54) is 12.1 Å². The van der Waals surface area contributed by atoms with Gasteiger partial charge in [0.05, 0.1) is 0 Å². The molecule has 1 atom stereocenters. The maximum absolute atomic E-state index is 13.1. The average molecular weight is 342 g/mol. The third-order valence-corrected chi connectivity index (χ3v) is 4.30. The molecule has 0 bridgehead atoms. The Hall–Kier alpha value is -2.40. The van der Waals surface area contributed by atoms with E-state index in [-0.39, 0.29) is 11.7 Å². The Balaban J connectivity index is 1.43. The van der Waals surface area contributed by atoms with E-state index in [1.54, 1.807) is 6.07 Å². The van der Waals surface area contributed by atoms with Crippen molar-refractivity contribution in [2.75, 3.05) is 6.54 Å². The number of carbonyl (C=O) groups is 1. The highest BCUT2D eigenvalue weighted by Crippen LogP contribution is 2.15. The van der Waals surface area contributed by atoms with E-state index in [1.807, 2.05) is 30.3 Å². The summed E-state index contributed by atoms with van der Waals surface area (Å²) < 4.78 is 18.8. The first kappa shape index (κ1) is 17.4. The lowest BCUT2D eigenvalue weighted by Gasteiger charge is -2.11. The van der Waals surface area contributed by atoms with Crippen LogP contribution in [0.5, 0.6) is 5.75 Å². The lowest BCUT2D eigenvalue weighted by Crippen LogP contribution is -2.31. The van der Waals surface area contributed by atoms with Crippen LogP contribution in [0.2, 0.25) is 0 Å². The summed E-state index contributed by atoms with van der Waals surface area (Å²) in [5, 5.41) is 6.27. The van der Waals surface area contributed by atoms with Gasteiger partial charge in [0, 0.05) is 19.0 Å². The van der Waals surface area contributed by atoms with Crippen LogP contribution in [0.4, 0.5) is 4.39 Å². The van der Waals surface area contributed by atoms with Crippen molar-refractivity contribution in [3.05, 3.63) is 65.5 Å². The quantitative estimate of drug-likeness (QED) is 0.813. The molecule has 132 valence electrons. The number of carbonyl (C=O) groups excluding carboxylic acids is 1. The van der Waals surface area contributed by atoms with Crippen LogP contribution in [0.15, 0.2) is 48.5 Å². The van der Waals surface area contributed by atoms with E-state index in [4.69, 9.17) is 4.74 Å². The number of benzene rings is 2. The van der Waals surface area contributed by atoms with Crippen LogP contribution in [0.1, 0.15) is 30.4 Å². The SMILES string of the molecule is O=C(CC1CCCN1)NCc1ccc(OCc2cccc(F)c2)cc1. The molecule has 25 heavy (non-hydrogen) atoms. The van der Waals surface area contributed by atoms with Gasteiger partial charge < -0.3 is 15.4 Å². The zero-order valence-electron chi connectivity index (χ0n) is 14.1. The molecule has 1 saturated heterocycles. The van der Waals surface area contributed by atoms with Gasteiger partial charge in [-0.1, -0.05) is 24.3 Å². The number of hydrogen-bond donors (Lipinski definition) is 2. The third-order valence-electron chi connectivity index (χ3n) is 4.30. The van der Waals surface area contributed by atoms with Gasteiger partial charge in [-0.3, -0.25) is 4.79 Å². The number of halogens is 1. The molecule has 0 aliphatic carbocycles. The van der Waals surface area contributed by atoms with Gasteiger partial charge in [-0.15, -0.1) is 0 Å². The number of rotatable bonds is 7. The fraction of sp³-hybridized carbons (Fsp3) is 0.350. The Labute approximate surface area is 147 Å². The lowest BCUT2D eigenvalue weighted by molar-refractivity contribution is -0.121. The molecule has 2 aromatic rings. The van der Waals surface area contributed by atoms with E-state index < -0.39 is 0 Å². The van der Waals surface area contributed by atoms with Gasteiger partial charge >= 0.3 is 0 Å². The summed E-state index contributed by atoms with van der Waals surface area (Å²) in [5.74, 6) is 0.528. The Morgan fingerprint density at radius 2 is 2.04 bits per heavy atom. The second-order valence-electron chi connectivity index (χ2n) is 6.34. The van der Waals surface area contributed by atoms with Crippen molar-refractivity contribution in [3.63, 3.8) is 0 Å². The largest absolute Gasteiger partial charge is 0.489 e. The molecule has 5 heteroatoms. The summed E-state index contributed by atoms with van der Waals surface area (Å²) in [6.45, 7) is 1.84. The van der Waals surface area contributed by atoms with Gasteiger partial charge in [0.1, 0.15) is 18.2 Å². The Bertz CT molecular complexity index is 697. The molecule has 1 aliphatic rings. The van der Waals surface area contributed by atoms with E-state index in [9.17, 15) is 9.18 Å². The van der Waals surface area contributed by atoms with Crippen LogP contribution in [-0.2, 0) is 17.9 Å². The number of ether oxygens (including phenoxy) is 1. The molecule has 1 unspecified atom stereocenters. The molecule has 1 aliphatic heterocycles. The minimum Gasteiger partial charge on any atom is -0.489 e. The Kier molecular flexibility index (Phi) is 6.01. The molecule has 4 nitrogen and oxygen atoms in total. The monoisotopic (exact) mass is 342 g/mol. The van der Waals surface area contributed by atoms with Crippen molar-refractivity contribution in [1.29, 1.82) is 0 Å². The summed E-state index contributed by atoms with van der Waals surface area (Å²) in [6.07, 6.45) is 2.76. The van der Waals surface area contributed by atoms with Crippen LogP contribution in [-0.4, -0.2) is 18.5 Å². The van der Waals surface area contributed by atoms with Crippen molar-refractivity contribution in [3.8, 4) is 5.75 Å². The number of nitrogens with one attached hydrogen (secondary N) is 2. The van der Waals surface area contributed by atoms with Crippen LogP contribution in [0.3, 0.4) is 0 Å². The molecular weight excluding hydrogens is 319 g/mol. The fourth-order valence-corrected chi connectivity index (χ4v) is 2.92. The highest BCUT2D eigenvalue weighted by molar-refractivity contribution is 5.76. The minimum atomic E-state index is -0.264. The van der Waals surface area contributed by atoms with Crippen molar-refractivity contribution < 1.29 is 13.9 Å². The molecular formula is C20H23FN2O2. The van der Waals surface area contributed by atoms with Crippen molar-refractivity contribution in [1.82, 2.24) is 10.6 Å². The predicted molar refractivity (Wildman–Crippen MR) is 94.7 cm³/mol. The van der Waals surface area contributed by atoms with Gasteiger partial charge in [0.15, 0.2) is 0 Å². The Morgan fingerprint density at radius 1 is 1.20 bits per heavy atom. The molecule has 2 N–H and O–H groups in total. The van der Waals surface area contributed by atoms with Gasteiger partial charge in [-0.2, -0.15) is 0 Å².